The van der Waals surface area contributed by atoms with Gasteiger partial charge in [0.2, 0.25) is 0 Å². The van der Waals surface area contributed by atoms with Crippen LogP contribution >= 0.6 is 0 Å². The molecule has 0 amide bonds. The van der Waals surface area contributed by atoms with Crippen LogP contribution in [0.2, 0.25) is 0 Å². The number of aryl methyl sites for hydroxylation is 1. The van der Waals surface area contributed by atoms with Gasteiger partial charge in [-0.1, -0.05) is 19.1 Å². The van der Waals surface area contributed by atoms with Gasteiger partial charge in [-0.3, -0.25) is 4.79 Å². The Morgan fingerprint density at radius 1 is 1.38 bits per heavy atom. The van der Waals surface area contributed by atoms with Crippen LogP contribution in [0, 0.1) is 0 Å². The number of ketones is 1. The van der Waals surface area contributed by atoms with Gasteiger partial charge in [-0.15, -0.1) is 0 Å². The fourth-order valence-corrected chi connectivity index (χ4v) is 1.59. The topological polar surface area (TPSA) is 29.5 Å². The van der Waals surface area contributed by atoms with Gasteiger partial charge in [0, 0.05) is 5.56 Å². The first-order chi connectivity index (χ1) is 7.58. The molecule has 0 aliphatic heterocycles. The van der Waals surface area contributed by atoms with Crippen molar-refractivity contribution in [2.24, 2.45) is 0 Å². The average molecular weight is 221 g/mol. The smallest absolute Gasteiger partial charge is 0.176 e. The minimum atomic E-state index is 0.117. The lowest BCUT2D eigenvalue weighted by Crippen LogP contribution is -2.21. The van der Waals surface area contributed by atoms with Crippen LogP contribution in [-0.4, -0.2) is 38.4 Å². The van der Waals surface area contributed by atoms with Crippen molar-refractivity contribution in [3.8, 4) is 5.75 Å². The second-order valence-corrected chi connectivity index (χ2v) is 4.04. The first kappa shape index (κ1) is 12.7. The highest BCUT2D eigenvalue weighted by atomic mass is 16.5. The fourth-order valence-electron chi connectivity index (χ4n) is 1.59. The second kappa shape index (κ2) is 5.66. The molecular weight excluding hydrogens is 202 g/mol. The number of carbonyl (C=O) groups is 1. The number of hydrogen-bond acceptors (Lipinski definition) is 3. The van der Waals surface area contributed by atoms with Gasteiger partial charge in [0.15, 0.2) is 5.78 Å². The Hall–Kier alpha value is -1.35. The summed E-state index contributed by atoms with van der Waals surface area (Å²) in [5.41, 5.74) is 1.84. The van der Waals surface area contributed by atoms with Crippen LogP contribution in [0.5, 0.6) is 5.75 Å². The highest BCUT2D eigenvalue weighted by molar-refractivity contribution is 5.98. The van der Waals surface area contributed by atoms with Crippen LogP contribution < -0.4 is 4.74 Å². The lowest BCUT2D eigenvalue weighted by Gasteiger charge is -2.11. The van der Waals surface area contributed by atoms with E-state index in [2.05, 4.69) is 6.92 Å². The first-order valence-electron chi connectivity index (χ1n) is 5.43. The van der Waals surface area contributed by atoms with Gasteiger partial charge >= 0.3 is 0 Å². The molecule has 16 heavy (non-hydrogen) atoms. The van der Waals surface area contributed by atoms with Gasteiger partial charge in [-0.05, 0) is 32.1 Å². The number of benzene rings is 1. The Morgan fingerprint density at radius 3 is 2.56 bits per heavy atom. The molecule has 3 nitrogen and oxygen atoms in total. The molecule has 0 spiro atoms. The maximum absolute atomic E-state index is 11.8. The number of ether oxygens (including phenoxy) is 1. The normalized spacial score (nSPS) is 10.6. The molecule has 0 N–H and O–H groups in total. The van der Waals surface area contributed by atoms with Crippen molar-refractivity contribution < 1.29 is 9.53 Å². The Morgan fingerprint density at radius 2 is 2.06 bits per heavy atom. The minimum Gasteiger partial charge on any atom is -0.496 e. The second-order valence-electron chi connectivity index (χ2n) is 4.04. The first-order valence-corrected chi connectivity index (χ1v) is 5.43. The third-order valence-corrected chi connectivity index (χ3v) is 2.45. The SMILES string of the molecule is CCc1ccc(C(=O)CN(C)C)cc1OC. The highest BCUT2D eigenvalue weighted by Crippen LogP contribution is 2.20. The molecule has 0 heterocycles. The number of likely N-dealkylation sites (N-methyl/N-ethyl adjacent to an activating group) is 1. The molecule has 0 saturated heterocycles. The largest absolute Gasteiger partial charge is 0.496 e. The van der Waals surface area contributed by atoms with Gasteiger partial charge in [0.05, 0.1) is 13.7 Å². The summed E-state index contributed by atoms with van der Waals surface area (Å²) < 4.78 is 5.27. The monoisotopic (exact) mass is 221 g/mol. The van der Waals surface area contributed by atoms with E-state index in [9.17, 15) is 4.79 Å². The number of methoxy groups -OCH3 is 1. The molecule has 0 radical (unpaired) electrons. The van der Waals surface area contributed by atoms with Crippen molar-refractivity contribution in [1.29, 1.82) is 0 Å². The molecule has 0 bridgehead atoms. The number of Topliss-reactive ketones (excluding diaryl/α,β-unsaturated/α-hetero) is 1. The molecule has 0 aliphatic carbocycles. The number of hydrogen-bond donors (Lipinski definition) is 0. The Labute approximate surface area is 97.0 Å². The van der Waals surface area contributed by atoms with Crippen LogP contribution in [0.1, 0.15) is 22.8 Å². The molecular formula is C13H19NO2. The van der Waals surface area contributed by atoms with Crippen LogP contribution in [0.15, 0.2) is 18.2 Å². The maximum Gasteiger partial charge on any atom is 0.176 e. The summed E-state index contributed by atoms with van der Waals surface area (Å²) in [5, 5.41) is 0. The molecule has 0 aromatic heterocycles. The third-order valence-electron chi connectivity index (χ3n) is 2.45. The standard InChI is InChI=1S/C13H19NO2/c1-5-10-6-7-11(8-13(10)16-4)12(15)9-14(2)3/h6-8H,5,9H2,1-4H3. The number of carbonyl (C=O) groups excluding carboxylic acids is 1. The van der Waals surface area contributed by atoms with Crippen molar-refractivity contribution >= 4 is 5.78 Å². The van der Waals surface area contributed by atoms with Crippen molar-refractivity contribution in [3.05, 3.63) is 29.3 Å². The Balaban J connectivity index is 2.94. The van der Waals surface area contributed by atoms with E-state index in [-0.39, 0.29) is 5.78 Å². The van der Waals surface area contributed by atoms with Crippen LogP contribution in [0.3, 0.4) is 0 Å². The summed E-state index contributed by atoms with van der Waals surface area (Å²) in [6, 6.07) is 5.65. The third kappa shape index (κ3) is 3.07. The van der Waals surface area contributed by atoms with E-state index in [1.807, 2.05) is 37.2 Å². The van der Waals surface area contributed by atoms with E-state index >= 15 is 0 Å². The summed E-state index contributed by atoms with van der Waals surface area (Å²) in [7, 11) is 5.40. The predicted octanol–water partition coefficient (Wildman–Crippen LogP) is 2.00. The molecule has 0 fully saturated rings. The van der Waals surface area contributed by atoms with E-state index in [4.69, 9.17) is 4.74 Å². The zero-order valence-electron chi connectivity index (χ0n) is 10.4. The van der Waals surface area contributed by atoms with E-state index in [0.717, 1.165) is 17.7 Å². The van der Waals surface area contributed by atoms with Gasteiger partial charge < -0.3 is 9.64 Å². The summed E-state index contributed by atoms with van der Waals surface area (Å²) in [5.74, 6) is 0.915. The molecule has 0 aliphatic rings. The van der Waals surface area contributed by atoms with E-state index < -0.39 is 0 Å². The van der Waals surface area contributed by atoms with E-state index in [1.54, 1.807) is 7.11 Å². The maximum atomic E-state index is 11.8. The van der Waals surface area contributed by atoms with Crippen LogP contribution in [0.4, 0.5) is 0 Å². The van der Waals surface area contributed by atoms with Crippen molar-refractivity contribution in [2.75, 3.05) is 27.7 Å². The van der Waals surface area contributed by atoms with Crippen molar-refractivity contribution in [2.45, 2.75) is 13.3 Å². The zero-order chi connectivity index (χ0) is 12.1. The van der Waals surface area contributed by atoms with Gasteiger partial charge in [0.1, 0.15) is 5.75 Å². The summed E-state index contributed by atoms with van der Waals surface area (Å²) in [4.78, 5) is 13.7. The molecule has 1 rings (SSSR count). The average Bonchev–Trinajstić information content (AvgIpc) is 2.27. The minimum absolute atomic E-state index is 0.117. The summed E-state index contributed by atoms with van der Waals surface area (Å²) >= 11 is 0. The molecule has 0 atom stereocenters. The highest BCUT2D eigenvalue weighted by Gasteiger charge is 2.10. The molecule has 0 saturated carbocycles. The lowest BCUT2D eigenvalue weighted by atomic mass is 10.1. The summed E-state index contributed by atoms with van der Waals surface area (Å²) in [6.07, 6.45) is 0.908. The van der Waals surface area contributed by atoms with Crippen LogP contribution in [-0.2, 0) is 6.42 Å². The quantitative estimate of drug-likeness (QED) is 0.712. The van der Waals surface area contributed by atoms with E-state index in [0.29, 0.717) is 12.1 Å². The van der Waals surface area contributed by atoms with E-state index in [1.165, 1.54) is 0 Å². The molecule has 88 valence electrons. The Bertz CT molecular complexity index is 372. The zero-order valence-corrected chi connectivity index (χ0v) is 10.4. The predicted molar refractivity (Wildman–Crippen MR) is 65.3 cm³/mol. The molecule has 0 unspecified atom stereocenters. The van der Waals surface area contributed by atoms with Gasteiger partial charge in [-0.25, -0.2) is 0 Å². The van der Waals surface area contributed by atoms with Crippen LogP contribution in [0.25, 0.3) is 0 Å². The number of rotatable bonds is 5. The van der Waals surface area contributed by atoms with Crippen molar-refractivity contribution in [1.82, 2.24) is 4.90 Å². The number of nitrogens with zero attached hydrogens (tertiary/aromatic N) is 1. The molecule has 1 aromatic rings. The van der Waals surface area contributed by atoms with Crippen molar-refractivity contribution in [3.63, 3.8) is 0 Å². The Kier molecular flexibility index (Phi) is 4.50. The fraction of sp³-hybridized carbons (Fsp3) is 0.462. The summed E-state index contributed by atoms with van der Waals surface area (Å²) in [6.45, 7) is 2.49. The van der Waals surface area contributed by atoms with Gasteiger partial charge in [-0.2, -0.15) is 0 Å². The molecule has 1 aromatic carbocycles. The lowest BCUT2D eigenvalue weighted by molar-refractivity contribution is 0.0957. The van der Waals surface area contributed by atoms with Gasteiger partial charge in [0.25, 0.3) is 0 Å². The molecule has 3 heteroatoms.